The fraction of sp³-hybridized carbons (Fsp3) is 0. The molecule has 1 aromatic carbocycles. The van der Waals surface area contributed by atoms with Gasteiger partial charge in [-0.25, -0.2) is 8.42 Å². The van der Waals surface area contributed by atoms with Crippen molar-refractivity contribution in [1.29, 1.82) is 0 Å². The number of sulfonamides is 1. The normalized spacial score (nSPS) is 11.4. The van der Waals surface area contributed by atoms with Gasteiger partial charge in [0.1, 0.15) is 0 Å². The van der Waals surface area contributed by atoms with Crippen molar-refractivity contribution < 1.29 is 8.42 Å². The van der Waals surface area contributed by atoms with Crippen LogP contribution in [0.3, 0.4) is 0 Å². The number of nitrogen functional groups attached to an aromatic ring is 1. The van der Waals surface area contributed by atoms with Crippen molar-refractivity contribution in [3.63, 3.8) is 0 Å². The Labute approximate surface area is 112 Å². The molecule has 7 heteroatoms. The Bertz CT molecular complexity index is 624. The first-order valence-electron chi connectivity index (χ1n) is 4.59. The largest absolute Gasteiger partial charge is 0.398 e. The predicted octanol–water partition coefficient (Wildman–Crippen LogP) is 2.89. The second kappa shape index (κ2) is 4.67. The zero-order valence-electron chi connectivity index (χ0n) is 8.55. The lowest BCUT2D eigenvalue weighted by molar-refractivity contribution is 0.601. The Morgan fingerprint density at radius 2 is 2.06 bits per heavy atom. The van der Waals surface area contributed by atoms with E-state index in [4.69, 9.17) is 5.73 Å². The Morgan fingerprint density at radius 1 is 1.29 bits per heavy atom. The first-order chi connectivity index (χ1) is 7.99. The summed E-state index contributed by atoms with van der Waals surface area (Å²) in [5, 5.41) is 3.52. The first kappa shape index (κ1) is 12.4. The van der Waals surface area contributed by atoms with Crippen molar-refractivity contribution in [2.24, 2.45) is 0 Å². The number of thiophene rings is 1. The molecule has 0 atom stereocenters. The maximum absolute atomic E-state index is 12.0. The smallest absolute Gasteiger partial charge is 0.261 e. The van der Waals surface area contributed by atoms with E-state index in [-0.39, 0.29) is 4.90 Å². The number of rotatable bonds is 3. The minimum atomic E-state index is -3.57. The van der Waals surface area contributed by atoms with Crippen LogP contribution in [0.5, 0.6) is 0 Å². The maximum atomic E-state index is 12.0. The molecule has 0 radical (unpaired) electrons. The minimum Gasteiger partial charge on any atom is -0.398 e. The highest BCUT2D eigenvalue weighted by atomic mass is 79.9. The third-order valence-electron chi connectivity index (χ3n) is 2.05. The van der Waals surface area contributed by atoms with Crippen LogP contribution in [0.2, 0.25) is 0 Å². The molecule has 1 aromatic heterocycles. The third-order valence-corrected chi connectivity index (χ3v) is 4.84. The average molecular weight is 333 g/mol. The second-order valence-corrected chi connectivity index (χ2v) is 6.62. The highest BCUT2D eigenvalue weighted by Crippen LogP contribution is 2.24. The number of hydrogen-bond acceptors (Lipinski definition) is 4. The summed E-state index contributed by atoms with van der Waals surface area (Å²) in [6.45, 7) is 0. The molecule has 90 valence electrons. The summed E-state index contributed by atoms with van der Waals surface area (Å²) >= 11 is 4.64. The summed E-state index contributed by atoms with van der Waals surface area (Å²) in [6.07, 6.45) is 0. The van der Waals surface area contributed by atoms with Crippen LogP contribution in [0, 0.1) is 0 Å². The van der Waals surface area contributed by atoms with E-state index in [2.05, 4.69) is 20.7 Å². The minimum absolute atomic E-state index is 0.143. The van der Waals surface area contributed by atoms with Crippen LogP contribution in [-0.2, 0) is 10.0 Å². The highest BCUT2D eigenvalue weighted by molar-refractivity contribution is 9.10. The summed E-state index contributed by atoms with van der Waals surface area (Å²) in [7, 11) is -3.57. The molecule has 0 unspecified atom stereocenters. The number of anilines is 2. The highest BCUT2D eigenvalue weighted by Gasteiger charge is 2.15. The van der Waals surface area contributed by atoms with E-state index in [9.17, 15) is 8.42 Å². The number of nitrogens with two attached hydrogens (primary N) is 1. The van der Waals surface area contributed by atoms with Gasteiger partial charge in [-0.05, 0) is 45.6 Å². The summed E-state index contributed by atoms with van der Waals surface area (Å²) in [6, 6.07) is 6.22. The van der Waals surface area contributed by atoms with Crippen molar-refractivity contribution in [1.82, 2.24) is 0 Å². The van der Waals surface area contributed by atoms with E-state index in [1.54, 1.807) is 22.9 Å². The number of nitrogens with one attached hydrogen (secondary N) is 1. The van der Waals surface area contributed by atoms with Gasteiger partial charge in [0.15, 0.2) is 0 Å². The fourth-order valence-electron chi connectivity index (χ4n) is 1.23. The van der Waals surface area contributed by atoms with Crippen molar-refractivity contribution in [3.05, 3.63) is 39.5 Å². The van der Waals surface area contributed by atoms with Gasteiger partial charge in [0, 0.05) is 15.5 Å². The fourth-order valence-corrected chi connectivity index (χ4v) is 3.22. The summed E-state index contributed by atoms with van der Waals surface area (Å²) in [5.74, 6) is 0. The molecule has 0 fully saturated rings. The van der Waals surface area contributed by atoms with E-state index >= 15 is 0 Å². The van der Waals surface area contributed by atoms with Crippen LogP contribution in [0.25, 0.3) is 0 Å². The predicted molar refractivity (Wildman–Crippen MR) is 73.7 cm³/mol. The monoisotopic (exact) mass is 332 g/mol. The van der Waals surface area contributed by atoms with Gasteiger partial charge in [-0.15, -0.1) is 0 Å². The van der Waals surface area contributed by atoms with E-state index in [1.807, 2.05) is 0 Å². The zero-order valence-corrected chi connectivity index (χ0v) is 11.8. The lowest BCUT2D eigenvalue weighted by Crippen LogP contribution is -2.12. The van der Waals surface area contributed by atoms with Crippen LogP contribution in [0.4, 0.5) is 11.4 Å². The summed E-state index contributed by atoms with van der Waals surface area (Å²) in [5.41, 5.74) is 6.59. The van der Waals surface area contributed by atoms with Crippen molar-refractivity contribution in [2.45, 2.75) is 4.90 Å². The van der Waals surface area contributed by atoms with Gasteiger partial charge < -0.3 is 5.73 Å². The molecule has 2 rings (SSSR count). The zero-order chi connectivity index (χ0) is 12.5. The van der Waals surface area contributed by atoms with E-state index < -0.39 is 10.0 Å². The Balaban J connectivity index is 2.35. The molecule has 0 amide bonds. The molecule has 0 saturated heterocycles. The molecule has 2 aromatic rings. The van der Waals surface area contributed by atoms with Gasteiger partial charge in [-0.3, -0.25) is 4.72 Å². The Kier molecular flexibility index (Phi) is 3.41. The van der Waals surface area contributed by atoms with Crippen LogP contribution in [-0.4, -0.2) is 8.42 Å². The summed E-state index contributed by atoms with van der Waals surface area (Å²) in [4.78, 5) is 0.143. The molecular formula is C10H9BrN2O2S2. The molecule has 0 aliphatic heterocycles. The standard InChI is InChI=1S/C10H9BrN2O2S2/c11-9-2-1-8(5-10(9)12)17(14,15)13-7-3-4-16-6-7/h1-6,13H,12H2. The topological polar surface area (TPSA) is 72.2 Å². The molecule has 4 nitrogen and oxygen atoms in total. The van der Waals surface area contributed by atoms with E-state index in [1.165, 1.54) is 23.5 Å². The molecule has 0 spiro atoms. The number of halogens is 1. The van der Waals surface area contributed by atoms with Gasteiger partial charge in [-0.1, -0.05) is 0 Å². The molecule has 0 aliphatic rings. The Morgan fingerprint density at radius 3 is 2.65 bits per heavy atom. The Hall–Kier alpha value is -1.05. The van der Waals surface area contributed by atoms with Gasteiger partial charge in [0.2, 0.25) is 0 Å². The molecule has 1 heterocycles. The number of hydrogen-bond donors (Lipinski definition) is 2. The third kappa shape index (κ3) is 2.80. The lowest BCUT2D eigenvalue weighted by atomic mass is 10.3. The van der Waals surface area contributed by atoms with Crippen LogP contribution >= 0.6 is 27.3 Å². The van der Waals surface area contributed by atoms with E-state index in [0.29, 0.717) is 15.8 Å². The van der Waals surface area contributed by atoms with Crippen LogP contribution in [0.1, 0.15) is 0 Å². The summed E-state index contributed by atoms with van der Waals surface area (Å²) < 4.78 is 27.1. The SMILES string of the molecule is Nc1cc(S(=O)(=O)Nc2ccsc2)ccc1Br. The van der Waals surface area contributed by atoms with E-state index in [0.717, 1.165) is 0 Å². The number of benzene rings is 1. The molecule has 3 N–H and O–H groups in total. The molecular weight excluding hydrogens is 324 g/mol. The second-order valence-electron chi connectivity index (χ2n) is 3.30. The lowest BCUT2D eigenvalue weighted by Gasteiger charge is -2.07. The maximum Gasteiger partial charge on any atom is 0.261 e. The first-order valence-corrected chi connectivity index (χ1v) is 7.81. The van der Waals surface area contributed by atoms with Gasteiger partial charge in [0.25, 0.3) is 10.0 Å². The van der Waals surface area contributed by atoms with Gasteiger partial charge >= 0.3 is 0 Å². The van der Waals surface area contributed by atoms with Gasteiger partial charge in [0.05, 0.1) is 10.6 Å². The molecule has 0 saturated carbocycles. The van der Waals surface area contributed by atoms with Crippen molar-refractivity contribution in [2.75, 3.05) is 10.5 Å². The quantitative estimate of drug-likeness (QED) is 0.849. The molecule has 17 heavy (non-hydrogen) atoms. The van der Waals surface area contributed by atoms with Crippen LogP contribution < -0.4 is 10.5 Å². The average Bonchev–Trinajstić information content (AvgIpc) is 2.73. The van der Waals surface area contributed by atoms with Crippen molar-refractivity contribution in [3.8, 4) is 0 Å². The van der Waals surface area contributed by atoms with Gasteiger partial charge in [-0.2, -0.15) is 11.3 Å². The van der Waals surface area contributed by atoms with Crippen molar-refractivity contribution >= 4 is 48.7 Å². The molecule has 0 aliphatic carbocycles. The van der Waals surface area contributed by atoms with Crippen LogP contribution in [0.15, 0.2) is 44.4 Å². The molecule has 0 bridgehead atoms.